The highest BCUT2D eigenvalue weighted by Gasteiger charge is 2.13. The van der Waals surface area contributed by atoms with Crippen LogP contribution in [0.3, 0.4) is 0 Å². The standard InChI is InChI=1S/C17H23N5O3.HI/c1-18-17(20-11-13-7-8-21-22(13)2)19-10-12-5-6-15(24-3)14(9-12)16(23)25-4;/h5-9H,10-11H2,1-4H3,(H2,18,19,20);1H. The molecule has 26 heavy (non-hydrogen) atoms. The average Bonchev–Trinajstić information content (AvgIpc) is 3.05. The van der Waals surface area contributed by atoms with Crippen molar-refractivity contribution in [2.75, 3.05) is 21.3 Å². The second kappa shape index (κ2) is 10.6. The Hall–Kier alpha value is -2.30. The zero-order valence-corrected chi connectivity index (χ0v) is 17.6. The number of esters is 1. The first-order valence-electron chi connectivity index (χ1n) is 7.75. The lowest BCUT2D eigenvalue weighted by molar-refractivity contribution is 0.0597. The third-order valence-corrected chi connectivity index (χ3v) is 3.71. The Morgan fingerprint density at radius 1 is 1.23 bits per heavy atom. The second-order valence-electron chi connectivity index (χ2n) is 5.25. The third kappa shape index (κ3) is 5.61. The Morgan fingerprint density at radius 3 is 2.54 bits per heavy atom. The van der Waals surface area contributed by atoms with Gasteiger partial charge in [-0.1, -0.05) is 6.07 Å². The maximum absolute atomic E-state index is 11.8. The lowest BCUT2D eigenvalue weighted by Crippen LogP contribution is -2.36. The van der Waals surface area contributed by atoms with Crippen LogP contribution in [0.4, 0.5) is 0 Å². The van der Waals surface area contributed by atoms with E-state index in [2.05, 4.69) is 20.7 Å². The maximum Gasteiger partial charge on any atom is 0.341 e. The number of ether oxygens (including phenoxy) is 2. The monoisotopic (exact) mass is 473 g/mol. The van der Waals surface area contributed by atoms with E-state index < -0.39 is 5.97 Å². The molecule has 0 amide bonds. The van der Waals surface area contributed by atoms with E-state index in [1.54, 1.807) is 30.1 Å². The molecule has 0 aliphatic carbocycles. The molecular weight excluding hydrogens is 449 g/mol. The Kier molecular flexibility index (Phi) is 8.90. The number of carbonyl (C=O) groups is 1. The molecule has 0 spiro atoms. The number of hydrogen-bond donors (Lipinski definition) is 2. The van der Waals surface area contributed by atoms with Gasteiger partial charge in [0.15, 0.2) is 5.96 Å². The molecule has 0 bridgehead atoms. The predicted molar refractivity (Wildman–Crippen MR) is 110 cm³/mol. The van der Waals surface area contributed by atoms with Crippen molar-refractivity contribution < 1.29 is 14.3 Å². The van der Waals surface area contributed by atoms with Crippen LogP contribution in [-0.2, 0) is 24.9 Å². The number of aryl methyl sites for hydroxylation is 1. The van der Waals surface area contributed by atoms with Gasteiger partial charge in [-0.3, -0.25) is 9.67 Å². The summed E-state index contributed by atoms with van der Waals surface area (Å²) in [5, 5.41) is 10.5. The van der Waals surface area contributed by atoms with E-state index in [0.29, 0.717) is 30.4 Å². The molecule has 0 radical (unpaired) electrons. The largest absolute Gasteiger partial charge is 0.496 e. The smallest absolute Gasteiger partial charge is 0.341 e. The molecule has 0 aliphatic heterocycles. The summed E-state index contributed by atoms with van der Waals surface area (Å²) >= 11 is 0. The van der Waals surface area contributed by atoms with Gasteiger partial charge in [-0.2, -0.15) is 5.10 Å². The van der Waals surface area contributed by atoms with Crippen LogP contribution in [0.25, 0.3) is 0 Å². The van der Waals surface area contributed by atoms with Gasteiger partial charge in [-0.25, -0.2) is 4.79 Å². The fraction of sp³-hybridized carbons (Fsp3) is 0.353. The molecule has 2 aromatic rings. The summed E-state index contributed by atoms with van der Waals surface area (Å²) in [5.74, 6) is 0.698. The SMILES string of the molecule is CN=C(NCc1ccc(OC)c(C(=O)OC)c1)NCc1ccnn1C.I. The van der Waals surface area contributed by atoms with E-state index in [4.69, 9.17) is 9.47 Å². The lowest BCUT2D eigenvalue weighted by atomic mass is 10.1. The molecule has 142 valence electrons. The molecule has 1 aromatic carbocycles. The van der Waals surface area contributed by atoms with E-state index in [1.165, 1.54) is 14.2 Å². The summed E-state index contributed by atoms with van der Waals surface area (Å²) in [6.07, 6.45) is 1.75. The number of methoxy groups -OCH3 is 2. The number of halogens is 1. The highest BCUT2D eigenvalue weighted by molar-refractivity contribution is 14.0. The Bertz CT molecular complexity index is 761. The van der Waals surface area contributed by atoms with Gasteiger partial charge in [0.25, 0.3) is 0 Å². The Morgan fingerprint density at radius 2 is 1.96 bits per heavy atom. The lowest BCUT2D eigenvalue weighted by Gasteiger charge is -2.13. The van der Waals surface area contributed by atoms with E-state index in [-0.39, 0.29) is 24.0 Å². The van der Waals surface area contributed by atoms with E-state index in [1.807, 2.05) is 19.2 Å². The highest BCUT2D eigenvalue weighted by atomic mass is 127. The first-order valence-corrected chi connectivity index (χ1v) is 7.75. The van der Waals surface area contributed by atoms with Gasteiger partial charge in [-0.15, -0.1) is 24.0 Å². The number of guanidine groups is 1. The second-order valence-corrected chi connectivity index (χ2v) is 5.25. The molecular formula is C17H24IN5O3. The number of rotatable bonds is 6. The highest BCUT2D eigenvalue weighted by Crippen LogP contribution is 2.20. The minimum Gasteiger partial charge on any atom is -0.496 e. The van der Waals surface area contributed by atoms with Crippen molar-refractivity contribution >= 4 is 35.9 Å². The van der Waals surface area contributed by atoms with Gasteiger partial charge in [0.2, 0.25) is 0 Å². The minimum atomic E-state index is -0.433. The van der Waals surface area contributed by atoms with Gasteiger partial charge in [0.1, 0.15) is 11.3 Å². The van der Waals surface area contributed by atoms with Crippen molar-refractivity contribution in [2.24, 2.45) is 12.0 Å². The Labute approximate surface area is 170 Å². The molecule has 0 aliphatic rings. The van der Waals surface area contributed by atoms with Crippen LogP contribution in [0.1, 0.15) is 21.6 Å². The summed E-state index contributed by atoms with van der Waals surface area (Å²) in [5.41, 5.74) is 2.34. The molecule has 0 unspecified atom stereocenters. The van der Waals surface area contributed by atoms with Gasteiger partial charge >= 0.3 is 5.97 Å². The van der Waals surface area contributed by atoms with Crippen LogP contribution in [0.5, 0.6) is 5.75 Å². The van der Waals surface area contributed by atoms with Crippen LogP contribution in [0.2, 0.25) is 0 Å². The number of nitrogens with one attached hydrogen (secondary N) is 2. The topological polar surface area (TPSA) is 89.8 Å². The first-order chi connectivity index (χ1) is 12.1. The third-order valence-electron chi connectivity index (χ3n) is 3.71. The van der Waals surface area contributed by atoms with Gasteiger partial charge in [0, 0.05) is 26.8 Å². The fourth-order valence-electron chi connectivity index (χ4n) is 2.29. The maximum atomic E-state index is 11.8. The number of carbonyl (C=O) groups excluding carboxylic acids is 1. The predicted octanol–water partition coefficient (Wildman–Crippen LogP) is 1.70. The molecule has 0 saturated heterocycles. The van der Waals surface area contributed by atoms with Crippen molar-refractivity contribution in [3.05, 3.63) is 47.3 Å². The van der Waals surface area contributed by atoms with E-state index >= 15 is 0 Å². The molecule has 1 heterocycles. The zero-order chi connectivity index (χ0) is 18.2. The van der Waals surface area contributed by atoms with Gasteiger partial charge in [0.05, 0.1) is 26.5 Å². The summed E-state index contributed by atoms with van der Waals surface area (Å²) in [6.45, 7) is 1.10. The molecule has 0 atom stereocenters. The van der Waals surface area contributed by atoms with Crippen LogP contribution in [0.15, 0.2) is 35.5 Å². The first kappa shape index (κ1) is 21.7. The number of hydrogen-bond acceptors (Lipinski definition) is 5. The van der Waals surface area contributed by atoms with E-state index in [0.717, 1.165) is 11.3 Å². The Balaban J connectivity index is 0.00000338. The quantitative estimate of drug-likeness (QED) is 0.288. The molecule has 8 nitrogen and oxygen atoms in total. The van der Waals surface area contributed by atoms with Crippen LogP contribution < -0.4 is 15.4 Å². The van der Waals surface area contributed by atoms with E-state index in [9.17, 15) is 4.79 Å². The number of benzene rings is 1. The number of aromatic nitrogens is 2. The van der Waals surface area contributed by atoms with Crippen LogP contribution in [0, 0.1) is 0 Å². The van der Waals surface area contributed by atoms with Crippen LogP contribution >= 0.6 is 24.0 Å². The molecule has 0 fully saturated rings. The fourth-order valence-corrected chi connectivity index (χ4v) is 2.29. The van der Waals surface area contributed by atoms with Crippen molar-refractivity contribution in [3.8, 4) is 5.75 Å². The van der Waals surface area contributed by atoms with Gasteiger partial charge < -0.3 is 20.1 Å². The number of nitrogens with zero attached hydrogens (tertiary/aromatic N) is 3. The molecule has 1 aromatic heterocycles. The van der Waals surface area contributed by atoms with Crippen molar-refractivity contribution in [3.63, 3.8) is 0 Å². The molecule has 0 saturated carbocycles. The normalized spacial score (nSPS) is 10.7. The average molecular weight is 473 g/mol. The zero-order valence-electron chi connectivity index (χ0n) is 15.3. The minimum absolute atomic E-state index is 0. The van der Waals surface area contributed by atoms with Gasteiger partial charge in [-0.05, 0) is 23.8 Å². The van der Waals surface area contributed by atoms with Crippen LogP contribution in [-0.4, -0.2) is 43.0 Å². The number of aliphatic imine (C=N–C) groups is 1. The van der Waals surface area contributed by atoms with Crippen molar-refractivity contribution in [1.29, 1.82) is 0 Å². The summed E-state index contributed by atoms with van der Waals surface area (Å²) in [7, 11) is 6.45. The molecule has 2 N–H and O–H groups in total. The van der Waals surface area contributed by atoms with Crippen molar-refractivity contribution in [2.45, 2.75) is 13.1 Å². The van der Waals surface area contributed by atoms with Crippen molar-refractivity contribution in [1.82, 2.24) is 20.4 Å². The summed E-state index contributed by atoms with van der Waals surface area (Å²) < 4.78 is 11.8. The molecule has 2 rings (SSSR count). The summed E-state index contributed by atoms with van der Waals surface area (Å²) in [4.78, 5) is 16.0. The summed E-state index contributed by atoms with van der Waals surface area (Å²) in [6, 6.07) is 7.31. The molecule has 9 heteroatoms.